The second kappa shape index (κ2) is 6.28. The number of hydrogen-bond acceptors (Lipinski definition) is 3. The first kappa shape index (κ1) is 14.7. The van der Waals surface area contributed by atoms with Crippen molar-refractivity contribution in [3.05, 3.63) is 29.5 Å². The summed E-state index contributed by atoms with van der Waals surface area (Å²) in [6.07, 6.45) is 2.98. The minimum atomic E-state index is 0.318. The van der Waals surface area contributed by atoms with Crippen LogP contribution in [0.5, 0.6) is 5.75 Å². The zero-order chi connectivity index (χ0) is 14.8. The molecule has 0 spiro atoms. The third-order valence-electron chi connectivity index (χ3n) is 4.42. The van der Waals surface area contributed by atoms with Crippen LogP contribution in [0.3, 0.4) is 0 Å². The molecule has 21 heavy (non-hydrogen) atoms. The summed E-state index contributed by atoms with van der Waals surface area (Å²) in [6.45, 7) is 5.41. The highest BCUT2D eigenvalue weighted by Gasteiger charge is 2.21. The van der Waals surface area contributed by atoms with Crippen molar-refractivity contribution in [2.75, 3.05) is 26.7 Å². The molecule has 0 bridgehead atoms. The Labute approximate surface area is 129 Å². The van der Waals surface area contributed by atoms with E-state index in [1.807, 2.05) is 18.2 Å². The molecule has 0 saturated heterocycles. The van der Waals surface area contributed by atoms with Crippen molar-refractivity contribution < 1.29 is 8.62 Å². The smallest absolute Gasteiger partial charge is 0.170 e. The van der Waals surface area contributed by atoms with E-state index in [2.05, 4.69) is 11.8 Å². The molecule has 0 fully saturated rings. The summed E-state index contributed by atoms with van der Waals surface area (Å²) in [5, 5.41) is 1.13. The molecule has 0 aliphatic carbocycles. The van der Waals surface area contributed by atoms with Crippen LogP contribution in [0.4, 0.5) is 3.89 Å². The standard InChI is InChI=1S/C16H21FN2OS/c1-3-18-9-4-5-15-13(8-10-18)14-11-12(20-2)6-7-16(14)19(15)21-17/h6-7,11H,3-5,8-10H2,1-2H3. The number of hydrogen-bond donors (Lipinski definition) is 0. The van der Waals surface area contributed by atoms with Gasteiger partial charge in [-0.2, -0.15) is 0 Å². The summed E-state index contributed by atoms with van der Waals surface area (Å²) in [7, 11) is 1.67. The van der Waals surface area contributed by atoms with Crippen molar-refractivity contribution in [2.24, 2.45) is 0 Å². The first-order valence-corrected chi connectivity index (χ1v) is 8.17. The van der Waals surface area contributed by atoms with Crippen LogP contribution in [0, 0.1) is 0 Å². The SMILES string of the molecule is CCN1CCCc2c(c3cc(OC)ccc3n2SF)CC1. The predicted octanol–water partition coefficient (Wildman–Crippen LogP) is 3.84. The zero-order valence-electron chi connectivity index (χ0n) is 12.6. The van der Waals surface area contributed by atoms with E-state index >= 15 is 0 Å². The first-order chi connectivity index (χ1) is 10.3. The van der Waals surface area contributed by atoms with Gasteiger partial charge in [-0.15, -0.1) is 3.89 Å². The van der Waals surface area contributed by atoms with Gasteiger partial charge in [0.25, 0.3) is 0 Å². The number of nitrogens with zero attached hydrogens (tertiary/aromatic N) is 2. The van der Waals surface area contributed by atoms with Crippen LogP contribution in [-0.4, -0.2) is 35.6 Å². The molecule has 0 N–H and O–H groups in total. The van der Waals surface area contributed by atoms with Crippen molar-refractivity contribution in [3.63, 3.8) is 0 Å². The molecule has 0 atom stereocenters. The summed E-state index contributed by atoms with van der Waals surface area (Å²) in [4.78, 5) is 2.47. The monoisotopic (exact) mass is 308 g/mol. The molecule has 114 valence electrons. The van der Waals surface area contributed by atoms with Crippen LogP contribution in [0.15, 0.2) is 18.2 Å². The highest BCUT2D eigenvalue weighted by Crippen LogP contribution is 2.35. The number of methoxy groups -OCH3 is 1. The molecule has 2 heterocycles. The van der Waals surface area contributed by atoms with E-state index in [0.717, 1.165) is 61.2 Å². The van der Waals surface area contributed by atoms with Crippen LogP contribution in [-0.2, 0) is 12.8 Å². The molecular weight excluding hydrogens is 287 g/mol. The first-order valence-electron chi connectivity index (χ1n) is 7.50. The van der Waals surface area contributed by atoms with Gasteiger partial charge >= 0.3 is 0 Å². The Morgan fingerprint density at radius 3 is 2.86 bits per heavy atom. The van der Waals surface area contributed by atoms with Gasteiger partial charge in [-0.05, 0) is 56.1 Å². The molecule has 1 aromatic carbocycles. The third kappa shape index (κ3) is 2.64. The average molecular weight is 308 g/mol. The van der Waals surface area contributed by atoms with Crippen molar-refractivity contribution in [3.8, 4) is 5.75 Å². The number of fused-ring (bicyclic) bond motifs is 3. The van der Waals surface area contributed by atoms with Crippen LogP contribution >= 0.6 is 12.3 Å². The van der Waals surface area contributed by atoms with Gasteiger partial charge in [0, 0.05) is 17.6 Å². The van der Waals surface area contributed by atoms with Gasteiger partial charge in [0.2, 0.25) is 0 Å². The highest BCUT2D eigenvalue weighted by molar-refractivity contribution is 7.93. The second-order valence-electron chi connectivity index (χ2n) is 5.46. The average Bonchev–Trinajstić information content (AvgIpc) is 2.78. The number of likely N-dealkylation sites (N-methyl/N-ethyl adjacent to an activating group) is 1. The lowest BCUT2D eigenvalue weighted by Crippen LogP contribution is -2.29. The van der Waals surface area contributed by atoms with Gasteiger partial charge in [0.15, 0.2) is 12.3 Å². The van der Waals surface area contributed by atoms with E-state index in [0.29, 0.717) is 12.3 Å². The summed E-state index contributed by atoms with van der Waals surface area (Å²) < 4.78 is 20.6. The predicted molar refractivity (Wildman–Crippen MR) is 86.7 cm³/mol. The number of halogens is 1. The lowest BCUT2D eigenvalue weighted by molar-refractivity contribution is 0.283. The maximum absolute atomic E-state index is 13.5. The van der Waals surface area contributed by atoms with E-state index in [1.165, 1.54) is 5.56 Å². The summed E-state index contributed by atoms with van der Waals surface area (Å²) >= 11 is 0.318. The van der Waals surface area contributed by atoms with Gasteiger partial charge in [-0.3, -0.25) is 3.97 Å². The molecule has 0 unspecified atom stereocenters. The maximum Gasteiger partial charge on any atom is 0.170 e. The van der Waals surface area contributed by atoms with Gasteiger partial charge < -0.3 is 9.64 Å². The molecule has 3 nitrogen and oxygen atoms in total. The maximum atomic E-state index is 13.5. The Balaban J connectivity index is 2.12. The van der Waals surface area contributed by atoms with E-state index in [-0.39, 0.29) is 0 Å². The molecule has 0 amide bonds. The molecule has 1 aliphatic heterocycles. The molecule has 3 rings (SSSR count). The summed E-state index contributed by atoms with van der Waals surface area (Å²) in [6, 6.07) is 5.91. The van der Waals surface area contributed by atoms with Gasteiger partial charge in [-0.25, -0.2) is 0 Å². The molecule has 2 aromatic rings. The lowest BCUT2D eigenvalue weighted by atomic mass is 10.0. The van der Waals surface area contributed by atoms with Gasteiger partial charge in [0.05, 0.1) is 12.6 Å². The molecule has 1 aliphatic rings. The molecule has 5 heteroatoms. The van der Waals surface area contributed by atoms with Crippen molar-refractivity contribution in [1.82, 2.24) is 8.87 Å². The Kier molecular flexibility index (Phi) is 4.40. The van der Waals surface area contributed by atoms with Crippen LogP contribution in [0.2, 0.25) is 0 Å². The lowest BCUT2D eigenvalue weighted by Gasteiger charge is -2.23. The van der Waals surface area contributed by atoms with Crippen LogP contribution in [0.25, 0.3) is 10.9 Å². The van der Waals surface area contributed by atoms with Gasteiger partial charge in [0.1, 0.15) is 5.75 Å². The number of aromatic nitrogens is 1. The van der Waals surface area contributed by atoms with E-state index in [1.54, 1.807) is 11.1 Å². The van der Waals surface area contributed by atoms with E-state index in [9.17, 15) is 3.89 Å². The van der Waals surface area contributed by atoms with Crippen LogP contribution < -0.4 is 4.74 Å². The van der Waals surface area contributed by atoms with Crippen molar-refractivity contribution in [1.29, 1.82) is 0 Å². The van der Waals surface area contributed by atoms with Crippen LogP contribution in [0.1, 0.15) is 24.6 Å². The third-order valence-corrected chi connectivity index (χ3v) is 4.98. The largest absolute Gasteiger partial charge is 0.497 e. The fourth-order valence-electron chi connectivity index (χ4n) is 3.26. The second-order valence-corrected chi connectivity index (χ2v) is 5.96. The van der Waals surface area contributed by atoms with Crippen molar-refractivity contribution in [2.45, 2.75) is 26.2 Å². The molecule has 1 aromatic heterocycles. The Bertz CT molecular complexity index is 641. The van der Waals surface area contributed by atoms with E-state index in [4.69, 9.17) is 4.74 Å². The normalized spacial score (nSPS) is 16.5. The number of ether oxygens (including phenoxy) is 1. The summed E-state index contributed by atoms with van der Waals surface area (Å²) in [5.41, 5.74) is 3.38. The highest BCUT2D eigenvalue weighted by atomic mass is 32.2. The van der Waals surface area contributed by atoms with Crippen molar-refractivity contribution >= 4 is 23.2 Å². The van der Waals surface area contributed by atoms with E-state index < -0.39 is 0 Å². The topological polar surface area (TPSA) is 17.4 Å². The Morgan fingerprint density at radius 1 is 1.29 bits per heavy atom. The number of rotatable bonds is 3. The fraction of sp³-hybridized carbons (Fsp3) is 0.500. The fourth-order valence-corrected chi connectivity index (χ4v) is 3.78. The molecule has 0 saturated carbocycles. The molecular formula is C16H21FN2OS. The number of benzene rings is 1. The Morgan fingerprint density at radius 2 is 2.14 bits per heavy atom. The molecule has 0 radical (unpaired) electrons. The minimum Gasteiger partial charge on any atom is -0.497 e. The zero-order valence-corrected chi connectivity index (χ0v) is 13.4. The van der Waals surface area contributed by atoms with Gasteiger partial charge in [-0.1, -0.05) is 6.92 Å². The Hall–Kier alpha value is -1.20. The minimum absolute atomic E-state index is 0.318. The summed E-state index contributed by atoms with van der Waals surface area (Å²) in [5.74, 6) is 0.834. The quantitative estimate of drug-likeness (QED) is 0.858.